The van der Waals surface area contributed by atoms with Gasteiger partial charge in [0.2, 0.25) is 0 Å². The molecule has 100 valence electrons. The van der Waals surface area contributed by atoms with Crippen molar-refractivity contribution in [1.29, 1.82) is 0 Å². The molecule has 3 heterocycles. The van der Waals surface area contributed by atoms with Crippen molar-refractivity contribution in [2.75, 3.05) is 6.54 Å². The smallest absolute Gasteiger partial charge is 0.252 e. The molecule has 1 amide bonds. The zero-order valence-electron chi connectivity index (χ0n) is 10.9. The van der Waals surface area contributed by atoms with Crippen LogP contribution in [0.2, 0.25) is 0 Å². The highest BCUT2D eigenvalue weighted by Crippen LogP contribution is 2.25. The van der Waals surface area contributed by atoms with Gasteiger partial charge < -0.3 is 9.88 Å². The van der Waals surface area contributed by atoms with E-state index in [4.69, 9.17) is 0 Å². The average molecular weight is 275 g/mol. The lowest BCUT2D eigenvalue weighted by atomic mass is 9.99. The van der Waals surface area contributed by atoms with Crippen molar-refractivity contribution in [2.24, 2.45) is 0 Å². The molecule has 0 aliphatic carbocycles. The third-order valence-electron chi connectivity index (χ3n) is 3.68. The fourth-order valence-corrected chi connectivity index (χ4v) is 3.33. The maximum Gasteiger partial charge on any atom is 0.252 e. The minimum Gasteiger partial charge on any atom is -0.351 e. The van der Waals surface area contributed by atoms with Crippen molar-refractivity contribution in [3.63, 3.8) is 0 Å². The lowest BCUT2D eigenvalue weighted by Crippen LogP contribution is -2.31. The number of rotatable bonds is 3. The highest BCUT2D eigenvalue weighted by Gasteiger charge is 2.22. The second-order valence-corrected chi connectivity index (χ2v) is 6.04. The third kappa shape index (κ3) is 2.42. The van der Waals surface area contributed by atoms with E-state index in [1.54, 1.807) is 11.3 Å². The Labute approximate surface area is 116 Å². The monoisotopic (exact) mass is 275 g/mol. The van der Waals surface area contributed by atoms with E-state index in [-0.39, 0.29) is 5.91 Å². The number of hydrogen-bond acceptors (Lipinski definition) is 3. The zero-order chi connectivity index (χ0) is 13.2. The molecule has 5 heteroatoms. The summed E-state index contributed by atoms with van der Waals surface area (Å²) in [6.45, 7) is 3.70. The minimum atomic E-state index is 0.0300. The van der Waals surface area contributed by atoms with Crippen molar-refractivity contribution in [1.82, 2.24) is 14.9 Å². The topological polar surface area (TPSA) is 46.9 Å². The highest BCUT2D eigenvalue weighted by molar-refractivity contribution is 7.10. The summed E-state index contributed by atoms with van der Waals surface area (Å²) in [5.41, 5.74) is 0.796. The van der Waals surface area contributed by atoms with Gasteiger partial charge in [0.05, 0.1) is 5.56 Å². The van der Waals surface area contributed by atoms with Gasteiger partial charge in [-0.05, 0) is 31.2 Å². The molecular formula is C14H17N3OS. The van der Waals surface area contributed by atoms with Crippen LogP contribution in [0.3, 0.4) is 0 Å². The molecule has 1 N–H and O–H groups in total. The standard InChI is InChI=1S/C14H17N3OS/c1-10-12(4-8-19-10)14(18)16-9-11-3-2-6-17-7-5-15-13(11)17/h4-5,7-8,11H,2-3,6,9H2,1H3,(H,16,18). The SMILES string of the molecule is Cc1sccc1C(=O)NCC1CCCn2ccnc21. The Morgan fingerprint density at radius 3 is 3.32 bits per heavy atom. The predicted octanol–water partition coefficient (Wildman–Crippen LogP) is 2.56. The molecule has 0 aromatic carbocycles. The number of amides is 1. The molecular weight excluding hydrogens is 258 g/mol. The van der Waals surface area contributed by atoms with Crippen molar-refractivity contribution in [3.8, 4) is 0 Å². The number of hydrogen-bond donors (Lipinski definition) is 1. The lowest BCUT2D eigenvalue weighted by molar-refractivity contribution is 0.0949. The first-order chi connectivity index (χ1) is 9.25. The van der Waals surface area contributed by atoms with Crippen LogP contribution in [0, 0.1) is 6.92 Å². The Kier molecular flexibility index (Phi) is 3.38. The van der Waals surface area contributed by atoms with Crippen LogP contribution in [0.5, 0.6) is 0 Å². The van der Waals surface area contributed by atoms with Crippen LogP contribution >= 0.6 is 11.3 Å². The first-order valence-electron chi connectivity index (χ1n) is 6.59. The maximum atomic E-state index is 12.1. The van der Waals surface area contributed by atoms with Gasteiger partial charge in [0.15, 0.2) is 0 Å². The van der Waals surface area contributed by atoms with Gasteiger partial charge in [-0.2, -0.15) is 0 Å². The minimum absolute atomic E-state index is 0.0300. The van der Waals surface area contributed by atoms with Gasteiger partial charge in [-0.3, -0.25) is 4.79 Å². The molecule has 1 aliphatic heterocycles. The van der Waals surface area contributed by atoms with Crippen LogP contribution < -0.4 is 5.32 Å². The van der Waals surface area contributed by atoms with Crippen LogP contribution in [0.4, 0.5) is 0 Å². The number of imidazole rings is 1. The van der Waals surface area contributed by atoms with E-state index >= 15 is 0 Å². The quantitative estimate of drug-likeness (QED) is 0.935. The lowest BCUT2D eigenvalue weighted by Gasteiger charge is -2.23. The number of carbonyl (C=O) groups excluding carboxylic acids is 1. The number of aromatic nitrogens is 2. The molecule has 4 nitrogen and oxygen atoms in total. The molecule has 19 heavy (non-hydrogen) atoms. The Balaban J connectivity index is 1.65. The van der Waals surface area contributed by atoms with Crippen molar-refractivity contribution < 1.29 is 4.79 Å². The molecule has 2 aromatic heterocycles. The van der Waals surface area contributed by atoms with E-state index in [2.05, 4.69) is 14.9 Å². The van der Waals surface area contributed by atoms with E-state index in [1.807, 2.05) is 30.8 Å². The van der Waals surface area contributed by atoms with E-state index < -0.39 is 0 Å². The Morgan fingerprint density at radius 1 is 1.63 bits per heavy atom. The average Bonchev–Trinajstić information content (AvgIpc) is 3.04. The molecule has 0 fully saturated rings. The summed E-state index contributed by atoms with van der Waals surface area (Å²) in [6, 6.07) is 1.89. The molecule has 1 unspecified atom stereocenters. The number of nitrogens with one attached hydrogen (secondary N) is 1. The van der Waals surface area contributed by atoms with Crippen molar-refractivity contribution in [2.45, 2.75) is 32.2 Å². The van der Waals surface area contributed by atoms with Gasteiger partial charge in [-0.15, -0.1) is 11.3 Å². The fourth-order valence-electron chi connectivity index (χ4n) is 2.63. The molecule has 0 saturated carbocycles. The summed E-state index contributed by atoms with van der Waals surface area (Å²) in [6.07, 6.45) is 6.12. The van der Waals surface area contributed by atoms with E-state index in [0.717, 1.165) is 35.7 Å². The van der Waals surface area contributed by atoms with Gasteiger partial charge in [0.25, 0.3) is 5.91 Å². The Hall–Kier alpha value is -1.62. The largest absolute Gasteiger partial charge is 0.351 e. The van der Waals surface area contributed by atoms with E-state index in [0.29, 0.717) is 12.5 Å². The van der Waals surface area contributed by atoms with Gasteiger partial charge in [0, 0.05) is 36.3 Å². The molecule has 3 rings (SSSR count). The Morgan fingerprint density at radius 2 is 2.53 bits per heavy atom. The van der Waals surface area contributed by atoms with E-state index in [9.17, 15) is 4.79 Å². The predicted molar refractivity (Wildman–Crippen MR) is 75.6 cm³/mol. The molecule has 1 aliphatic rings. The molecule has 0 radical (unpaired) electrons. The number of fused-ring (bicyclic) bond motifs is 1. The maximum absolute atomic E-state index is 12.1. The van der Waals surface area contributed by atoms with Crippen LogP contribution in [0.15, 0.2) is 23.8 Å². The van der Waals surface area contributed by atoms with E-state index in [1.165, 1.54) is 0 Å². The van der Waals surface area contributed by atoms with Gasteiger partial charge in [0.1, 0.15) is 5.82 Å². The third-order valence-corrected chi connectivity index (χ3v) is 4.52. The molecule has 0 bridgehead atoms. The molecule has 0 spiro atoms. The number of aryl methyl sites for hydroxylation is 2. The number of thiophene rings is 1. The molecule has 1 atom stereocenters. The summed E-state index contributed by atoms with van der Waals surface area (Å²) in [4.78, 5) is 17.6. The molecule has 2 aromatic rings. The highest BCUT2D eigenvalue weighted by atomic mass is 32.1. The first-order valence-corrected chi connectivity index (χ1v) is 7.47. The molecule has 0 saturated heterocycles. The summed E-state index contributed by atoms with van der Waals surface area (Å²) in [5, 5.41) is 5.00. The Bertz CT molecular complexity index is 587. The summed E-state index contributed by atoms with van der Waals surface area (Å²) >= 11 is 1.61. The zero-order valence-corrected chi connectivity index (χ0v) is 11.7. The second-order valence-electron chi connectivity index (χ2n) is 4.92. The van der Waals surface area contributed by atoms with Crippen LogP contribution in [0.1, 0.15) is 39.8 Å². The second kappa shape index (κ2) is 5.17. The van der Waals surface area contributed by atoms with Crippen molar-refractivity contribution >= 4 is 17.2 Å². The van der Waals surface area contributed by atoms with Crippen LogP contribution in [-0.4, -0.2) is 22.0 Å². The summed E-state index contributed by atoms with van der Waals surface area (Å²) < 4.78 is 2.19. The number of carbonyl (C=O) groups is 1. The van der Waals surface area contributed by atoms with Gasteiger partial charge in [-0.25, -0.2) is 4.98 Å². The van der Waals surface area contributed by atoms with Crippen LogP contribution in [0.25, 0.3) is 0 Å². The first kappa shape index (κ1) is 12.4. The fraction of sp³-hybridized carbons (Fsp3) is 0.429. The summed E-state index contributed by atoms with van der Waals surface area (Å²) in [7, 11) is 0. The van der Waals surface area contributed by atoms with Gasteiger partial charge in [-0.1, -0.05) is 0 Å². The van der Waals surface area contributed by atoms with Crippen molar-refractivity contribution in [3.05, 3.63) is 40.1 Å². The van der Waals surface area contributed by atoms with Gasteiger partial charge >= 0.3 is 0 Å². The normalized spacial score (nSPS) is 18.1. The van der Waals surface area contributed by atoms with Crippen LogP contribution in [-0.2, 0) is 6.54 Å². The number of nitrogens with zero attached hydrogens (tertiary/aromatic N) is 2. The summed E-state index contributed by atoms with van der Waals surface area (Å²) in [5.74, 6) is 1.47.